The molecule has 2 heterocycles. The number of piperazine rings is 1. The molecular formula is C14H19ClN4O2. The summed E-state index contributed by atoms with van der Waals surface area (Å²) in [6, 6.07) is 3.24. The number of halogens is 1. The lowest BCUT2D eigenvalue weighted by Crippen LogP contribution is -2.51. The molecule has 1 aliphatic rings. The summed E-state index contributed by atoms with van der Waals surface area (Å²) in [6.45, 7) is 5.53. The van der Waals surface area contributed by atoms with Crippen molar-refractivity contribution in [3.05, 3.63) is 29.0 Å². The van der Waals surface area contributed by atoms with Crippen LogP contribution in [0.25, 0.3) is 0 Å². The molecule has 114 valence electrons. The molecule has 1 aromatic heterocycles. The largest absolute Gasteiger partial charge is 0.355 e. The maximum atomic E-state index is 12.3. The van der Waals surface area contributed by atoms with Gasteiger partial charge >= 0.3 is 0 Å². The number of pyridine rings is 1. The molecule has 0 aromatic carbocycles. The van der Waals surface area contributed by atoms with Gasteiger partial charge in [0.25, 0.3) is 5.91 Å². The molecule has 21 heavy (non-hydrogen) atoms. The van der Waals surface area contributed by atoms with Crippen LogP contribution in [0.4, 0.5) is 0 Å². The first-order valence-electron chi connectivity index (χ1n) is 7.00. The smallest absolute Gasteiger partial charge is 0.254 e. The minimum absolute atomic E-state index is 0.0261. The fourth-order valence-electron chi connectivity index (χ4n) is 2.28. The Hall–Kier alpha value is -1.66. The normalized spacial score (nSPS) is 15.8. The molecule has 1 fully saturated rings. The number of carbonyl (C=O) groups excluding carboxylic acids is 2. The van der Waals surface area contributed by atoms with Gasteiger partial charge in [-0.1, -0.05) is 11.6 Å². The van der Waals surface area contributed by atoms with Crippen LogP contribution in [0.5, 0.6) is 0 Å². The summed E-state index contributed by atoms with van der Waals surface area (Å²) in [5, 5.41) is 3.09. The zero-order valence-corrected chi connectivity index (χ0v) is 12.8. The first-order valence-corrected chi connectivity index (χ1v) is 7.38. The van der Waals surface area contributed by atoms with Crippen LogP contribution in [0.1, 0.15) is 17.3 Å². The average Bonchev–Trinajstić information content (AvgIpc) is 2.47. The van der Waals surface area contributed by atoms with Gasteiger partial charge in [-0.15, -0.1) is 0 Å². The van der Waals surface area contributed by atoms with E-state index in [9.17, 15) is 9.59 Å². The van der Waals surface area contributed by atoms with E-state index in [0.717, 1.165) is 0 Å². The predicted octanol–water partition coefficient (Wildman–Crippen LogP) is 0.629. The summed E-state index contributed by atoms with van der Waals surface area (Å²) in [6.07, 6.45) is 1.53. The summed E-state index contributed by atoms with van der Waals surface area (Å²) in [5.74, 6) is -0.0184. The van der Waals surface area contributed by atoms with Crippen molar-refractivity contribution in [1.82, 2.24) is 20.1 Å². The highest BCUT2D eigenvalue weighted by Crippen LogP contribution is 2.11. The third kappa shape index (κ3) is 4.41. The van der Waals surface area contributed by atoms with E-state index in [-0.39, 0.29) is 11.8 Å². The Morgan fingerprint density at radius 1 is 1.33 bits per heavy atom. The number of aromatic nitrogens is 1. The van der Waals surface area contributed by atoms with Crippen LogP contribution < -0.4 is 5.32 Å². The van der Waals surface area contributed by atoms with Crippen molar-refractivity contribution in [3.63, 3.8) is 0 Å². The number of likely N-dealkylation sites (N-methyl/N-ethyl adjacent to an activating group) is 1. The van der Waals surface area contributed by atoms with E-state index in [4.69, 9.17) is 11.6 Å². The van der Waals surface area contributed by atoms with E-state index in [1.54, 1.807) is 17.0 Å². The highest BCUT2D eigenvalue weighted by molar-refractivity contribution is 6.29. The second-order valence-electron chi connectivity index (χ2n) is 4.89. The number of amides is 2. The van der Waals surface area contributed by atoms with Crippen molar-refractivity contribution >= 4 is 23.4 Å². The Bertz CT molecular complexity index is 515. The summed E-state index contributed by atoms with van der Waals surface area (Å²) < 4.78 is 0. The molecule has 2 amide bonds. The van der Waals surface area contributed by atoms with Crippen LogP contribution in [0.15, 0.2) is 18.3 Å². The van der Waals surface area contributed by atoms with Gasteiger partial charge in [0.15, 0.2) is 0 Å². The first-order chi connectivity index (χ1) is 10.1. The van der Waals surface area contributed by atoms with E-state index < -0.39 is 0 Å². The van der Waals surface area contributed by atoms with Crippen LogP contribution in [0.2, 0.25) is 5.15 Å². The average molecular weight is 311 g/mol. The minimum atomic E-state index is -0.0445. The number of nitrogens with zero attached hydrogens (tertiary/aromatic N) is 3. The fraction of sp³-hybridized carbons (Fsp3) is 0.500. The lowest BCUT2D eigenvalue weighted by Gasteiger charge is -2.34. The molecule has 2 rings (SSSR count). The van der Waals surface area contributed by atoms with Crippen LogP contribution in [-0.2, 0) is 4.79 Å². The zero-order chi connectivity index (χ0) is 15.2. The van der Waals surface area contributed by atoms with Gasteiger partial charge in [0.2, 0.25) is 5.91 Å². The molecular weight excluding hydrogens is 292 g/mol. The number of hydrogen-bond donors (Lipinski definition) is 1. The summed E-state index contributed by atoms with van der Waals surface area (Å²) >= 11 is 5.80. The molecule has 1 aliphatic heterocycles. The monoisotopic (exact) mass is 310 g/mol. The van der Waals surface area contributed by atoms with Gasteiger partial charge in [-0.3, -0.25) is 14.5 Å². The van der Waals surface area contributed by atoms with Gasteiger partial charge in [-0.25, -0.2) is 4.98 Å². The summed E-state index contributed by atoms with van der Waals surface area (Å²) in [4.78, 5) is 31.6. The highest BCUT2D eigenvalue weighted by Gasteiger charge is 2.23. The quantitative estimate of drug-likeness (QED) is 0.829. The van der Waals surface area contributed by atoms with Gasteiger partial charge < -0.3 is 10.2 Å². The molecule has 1 saturated heterocycles. The van der Waals surface area contributed by atoms with Gasteiger partial charge in [0, 0.05) is 44.5 Å². The molecule has 1 aromatic rings. The zero-order valence-electron chi connectivity index (χ0n) is 12.0. The number of hydrogen-bond acceptors (Lipinski definition) is 4. The summed E-state index contributed by atoms with van der Waals surface area (Å²) in [7, 11) is 0. The van der Waals surface area contributed by atoms with Crippen molar-refractivity contribution in [3.8, 4) is 0 Å². The lowest BCUT2D eigenvalue weighted by atomic mass is 10.2. The van der Waals surface area contributed by atoms with Crippen molar-refractivity contribution in [2.24, 2.45) is 0 Å². The molecule has 0 bridgehead atoms. The van der Waals surface area contributed by atoms with E-state index >= 15 is 0 Å². The van der Waals surface area contributed by atoms with Crippen LogP contribution in [0, 0.1) is 0 Å². The number of carbonyl (C=O) groups is 2. The van der Waals surface area contributed by atoms with Gasteiger partial charge in [-0.2, -0.15) is 0 Å². The maximum Gasteiger partial charge on any atom is 0.254 e. The van der Waals surface area contributed by atoms with Crippen LogP contribution >= 0.6 is 11.6 Å². The second kappa shape index (κ2) is 7.38. The molecule has 0 atom stereocenters. The fourth-order valence-corrected chi connectivity index (χ4v) is 2.46. The number of nitrogens with one attached hydrogen (secondary N) is 1. The third-order valence-corrected chi connectivity index (χ3v) is 3.58. The Kier molecular flexibility index (Phi) is 5.52. The van der Waals surface area contributed by atoms with Gasteiger partial charge in [0.05, 0.1) is 6.54 Å². The molecule has 1 N–H and O–H groups in total. The Morgan fingerprint density at radius 3 is 2.67 bits per heavy atom. The Labute approximate surface area is 129 Å². The van der Waals surface area contributed by atoms with E-state index in [1.165, 1.54) is 6.20 Å². The van der Waals surface area contributed by atoms with Crippen molar-refractivity contribution in [2.45, 2.75) is 6.92 Å². The molecule has 7 heteroatoms. The van der Waals surface area contributed by atoms with Crippen molar-refractivity contribution in [2.75, 3.05) is 39.3 Å². The Morgan fingerprint density at radius 2 is 2.05 bits per heavy atom. The van der Waals surface area contributed by atoms with Crippen molar-refractivity contribution in [1.29, 1.82) is 0 Å². The minimum Gasteiger partial charge on any atom is -0.355 e. The second-order valence-corrected chi connectivity index (χ2v) is 5.28. The van der Waals surface area contributed by atoms with E-state index in [2.05, 4.69) is 10.3 Å². The SMILES string of the molecule is CCNC(=O)CN1CCN(C(=O)c2ccnc(Cl)c2)CC1. The molecule has 6 nitrogen and oxygen atoms in total. The summed E-state index contributed by atoms with van der Waals surface area (Å²) in [5.41, 5.74) is 0.548. The van der Waals surface area contributed by atoms with Crippen LogP contribution in [-0.4, -0.2) is 65.9 Å². The third-order valence-electron chi connectivity index (χ3n) is 3.37. The van der Waals surface area contributed by atoms with Crippen LogP contribution in [0.3, 0.4) is 0 Å². The highest BCUT2D eigenvalue weighted by atomic mass is 35.5. The number of rotatable bonds is 4. The molecule has 0 saturated carbocycles. The predicted molar refractivity (Wildman–Crippen MR) is 80.3 cm³/mol. The van der Waals surface area contributed by atoms with Gasteiger partial charge in [-0.05, 0) is 19.1 Å². The first kappa shape index (κ1) is 15.7. The van der Waals surface area contributed by atoms with Gasteiger partial charge in [0.1, 0.15) is 5.15 Å². The Balaban J connectivity index is 1.86. The van der Waals surface area contributed by atoms with Crippen molar-refractivity contribution < 1.29 is 9.59 Å². The molecule has 0 unspecified atom stereocenters. The van der Waals surface area contributed by atoms with E-state index in [0.29, 0.717) is 50.0 Å². The molecule has 0 radical (unpaired) electrons. The standard InChI is InChI=1S/C14H19ClN4O2/c1-2-16-13(20)10-18-5-7-19(8-6-18)14(21)11-3-4-17-12(15)9-11/h3-4,9H,2,5-8,10H2,1H3,(H,16,20). The topological polar surface area (TPSA) is 65.5 Å². The molecule has 0 aliphatic carbocycles. The molecule has 0 spiro atoms. The van der Waals surface area contributed by atoms with E-state index in [1.807, 2.05) is 11.8 Å². The lowest BCUT2D eigenvalue weighted by molar-refractivity contribution is -0.122. The maximum absolute atomic E-state index is 12.3.